The van der Waals surface area contributed by atoms with Gasteiger partial charge < -0.3 is 0 Å². The van der Waals surface area contributed by atoms with Crippen molar-refractivity contribution in [3.63, 3.8) is 0 Å². The number of hydrogen-bond acceptors (Lipinski definition) is 2. The summed E-state index contributed by atoms with van der Waals surface area (Å²) < 4.78 is 1.58. The van der Waals surface area contributed by atoms with Gasteiger partial charge in [0.15, 0.2) is 0 Å². The highest BCUT2D eigenvalue weighted by molar-refractivity contribution is 6.34. The fraction of sp³-hybridized carbons (Fsp3) is 0.200. The third-order valence-electron chi connectivity index (χ3n) is 3.18. The first-order chi connectivity index (χ1) is 9.22. The van der Waals surface area contributed by atoms with Crippen molar-refractivity contribution in [2.45, 2.75) is 18.8 Å². The minimum Gasteiger partial charge on any atom is -0.279 e. The van der Waals surface area contributed by atoms with Gasteiger partial charge in [-0.05, 0) is 30.9 Å². The van der Waals surface area contributed by atoms with Gasteiger partial charge in [-0.3, -0.25) is 4.79 Å². The van der Waals surface area contributed by atoms with Crippen LogP contribution in [-0.4, -0.2) is 15.6 Å². The Bertz CT molecular complexity index is 678. The topological polar surface area (TPSA) is 34.9 Å². The maximum absolute atomic E-state index is 11.9. The van der Waals surface area contributed by atoms with Crippen LogP contribution in [0.15, 0.2) is 30.3 Å². The van der Waals surface area contributed by atoms with Gasteiger partial charge in [0.1, 0.15) is 5.15 Å². The van der Waals surface area contributed by atoms with Gasteiger partial charge in [0, 0.05) is 5.92 Å². The second kappa shape index (κ2) is 4.56. The summed E-state index contributed by atoms with van der Waals surface area (Å²) in [5, 5.41) is 4.78. The van der Waals surface area contributed by atoms with E-state index >= 15 is 0 Å². The van der Waals surface area contributed by atoms with Crippen LogP contribution in [0.25, 0.3) is 5.69 Å². The Hall–Kier alpha value is -2.05. The van der Waals surface area contributed by atoms with E-state index in [0.717, 1.165) is 24.2 Å². The third kappa shape index (κ3) is 2.05. The van der Waals surface area contributed by atoms with Crippen molar-refractivity contribution in [3.8, 4) is 18.0 Å². The van der Waals surface area contributed by atoms with Gasteiger partial charge >= 0.3 is 0 Å². The summed E-state index contributed by atoms with van der Waals surface area (Å²) >= 11 is 6.29. The van der Waals surface area contributed by atoms with Crippen molar-refractivity contribution in [2.24, 2.45) is 0 Å². The number of terminal acetylenes is 1. The zero-order chi connectivity index (χ0) is 13.4. The fourth-order valence-corrected chi connectivity index (χ4v) is 2.40. The van der Waals surface area contributed by atoms with Crippen molar-refractivity contribution in [2.75, 3.05) is 0 Å². The van der Waals surface area contributed by atoms with Crippen molar-refractivity contribution in [1.29, 1.82) is 0 Å². The summed E-state index contributed by atoms with van der Waals surface area (Å²) in [6, 6.07) is 9.48. The van der Waals surface area contributed by atoms with Gasteiger partial charge in [-0.15, -0.1) is 6.42 Å². The largest absolute Gasteiger partial charge is 0.279 e. The molecular formula is C15H11ClN2O. The molecule has 1 saturated carbocycles. The Morgan fingerprint density at radius 1 is 1.37 bits per heavy atom. The second-order valence-electron chi connectivity index (χ2n) is 4.55. The monoisotopic (exact) mass is 270 g/mol. The van der Waals surface area contributed by atoms with Gasteiger partial charge in [-0.2, -0.15) is 5.10 Å². The van der Waals surface area contributed by atoms with Crippen molar-refractivity contribution >= 4 is 17.4 Å². The second-order valence-corrected chi connectivity index (χ2v) is 4.90. The summed E-state index contributed by atoms with van der Waals surface area (Å²) in [6.45, 7) is 0. The van der Waals surface area contributed by atoms with Crippen molar-refractivity contribution in [1.82, 2.24) is 9.78 Å². The Balaban J connectivity index is 2.18. The Labute approximate surface area is 116 Å². The lowest BCUT2D eigenvalue weighted by molar-refractivity contribution is 0.105. The summed E-state index contributed by atoms with van der Waals surface area (Å²) in [6.07, 6.45) is 7.28. The van der Waals surface area contributed by atoms with Crippen LogP contribution in [0.1, 0.15) is 34.8 Å². The van der Waals surface area contributed by atoms with E-state index in [2.05, 4.69) is 11.0 Å². The molecule has 1 fully saturated rings. The van der Waals surface area contributed by atoms with E-state index in [4.69, 9.17) is 18.0 Å². The summed E-state index contributed by atoms with van der Waals surface area (Å²) in [7, 11) is 0. The number of ketones is 1. The standard InChI is InChI=1S/C15H11ClN2O/c1-2-12(19)13-14(10-8-9-10)17-18(15(13)16)11-6-4-3-5-7-11/h1,3-7,10H,8-9H2. The number of carbonyl (C=O) groups excluding carboxylic acids is 1. The van der Waals surface area contributed by atoms with E-state index in [0.29, 0.717) is 16.6 Å². The number of halogens is 1. The molecule has 1 aromatic carbocycles. The van der Waals surface area contributed by atoms with Crippen LogP contribution in [-0.2, 0) is 0 Å². The van der Waals surface area contributed by atoms with E-state index in [1.165, 1.54) is 0 Å². The summed E-state index contributed by atoms with van der Waals surface area (Å²) in [5.41, 5.74) is 1.94. The average Bonchev–Trinajstić information content (AvgIpc) is 3.23. The van der Waals surface area contributed by atoms with Crippen LogP contribution >= 0.6 is 11.6 Å². The molecule has 3 rings (SSSR count). The molecule has 0 atom stereocenters. The number of carbonyl (C=O) groups is 1. The highest BCUT2D eigenvalue weighted by atomic mass is 35.5. The van der Waals surface area contributed by atoms with Crippen LogP contribution in [0, 0.1) is 12.3 Å². The van der Waals surface area contributed by atoms with Gasteiger partial charge in [0.2, 0.25) is 5.78 Å². The maximum Gasteiger partial charge on any atom is 0.240 e. The molecule has 94 valence electrons. The van der Waals surface area contributed by atoms with E-state index in [1.807, 2.05) is 30.3 Å². The lowest BCUT2D eigenvalue weighted by Gasteiger charge is -2.01. The highest BCUT2D eigenvalue weighted by Gasteiger charge is 2.33. The molecule has 1 aliphatic rings. The molecule has 0 unspecified atom stereocenters. The summed E-state index contributed by atoms with van der Waals surface area (Å²) in [4.78, 5) is 11.9. The number of Topliss-reactive ketones (excluding diaryl/α,β-unsaturated/α-hetero) is 1. The van der Waals surface area contributed by atoms with E-state index in [1.54, 1.807) is 4.68 Å². The normalized spacial score (nSPS) is 14.1. The predicted molar refractivity (Wildman–Crippen MR) is 73.7 cm³/mol. The molecule has 0 bridgehead atoms. The molecule has 4 heteroatoms. The Morgan fingerprint density at radius 3 is 2.63 bits per heavy atom. The molecule has 0 amide bonds. The number of para-hydroxylation sites is 1. The van der Waals surface area contributed by atoms with Crippen LogP contribution in [0.3, 0.4) is 0 Å². The van der Waals surface area contributed by atoms with Gasteiger partial charge in [0.05, 0.1) is 16.9 Å². The van der Waals surface area contributed by atoms with Gasteiger partial charge in [-0.1, -0.05) is 29.8 Å². The summed E-state index contributed by atoms with van der Waals surface area (Å²) in [5.74, 6) is 2.05. The molecule has 1 aliphatic carbocycles. The molecule has 0 radical (unpaired) electrons. The molecule has 3 nitrogen and oxygen atoms in total. The predicted octanol–water partition coefficient (Wildman–Crippen LogP) is 3.22. The quantitative estimate of drug-likeness (QED) is 0.488. The molecule has 1 heterocycles. The first-order valence-corrected chi connectivity index (χ1v) is 6.45. The maximum atomic E-state index is 11.9. The van der Waals surface area contributed by atoms with Gasteiger partial charge in [0.25, 0.3) is 0 Å². The van der Waals surface area contributed by atoms with Crippen LogP contribution in [0.2, 0.25) is 5.15 Å². The van der Waals surface area contributed by atoms with Crippen LogP contribution in [0.5, 0.6) is 0 Å². The van der Waals surface area contributed by atoms with E-state index in [9.17, 15) is 4.79 Å². The SMILES string of the molecule is C#CC(=O)c1c(C2CC2)nn(-c2ccccc2)c1Cl. The zero-order valence-electron chi connectivity index (χ0n) is 10.1. The van der Waals surface area contributed by atoms with Crippen molar-refractivity contribution < 1.29 is 4.79 Å². The number of nitrogens with zero attached hydrogens (tertiary/aromatic N) is 2. The minimum absolute atomic E-state index is 0.302. The van der Waals surface area contributed by atoms with Crippen LogP contribution < -0.4 is 0 Å². The first kappa shape index (κ1) is 12.0. The zero-order valence-corrected chi connectivity index (χ0v) is 10.9. The molecule has 0 N–H and O–H groups in total. The number of rotatable bonds is 3. The smallest absolute Gasteiger partial charge is 0.240 e. The molecule has 2 aromatic rings. The average molecular weight is 271 g/mol. The number of benzene rings is 1. The van der Waals surface area contributed by atoms with Gasteiger partial charge in [-0.25, -0.2) is 4.68 Å². The molecule has 19 heavy (non-hydrogen) atoms. The first-order valence-electron chi connectivity index (χ1n) is 6.07. The van der Waals surface area contributed by atoms with E-state index < -0.39 is 5.78 Å². The number of hydrogen-bond donors (Lipinski definition) is 0. The highest BCUT2D eigenvalue weighted by Crippen LogP contribution is 2.43. The molecular weight excluding hydrogens is 260 g/mol. The Morgan fingerprint density at radius 2 is 2.05 bits per heavy atom. The molecule has 0 aliphatic heterocycles. The fourth-order valence-electron chi connectivity index (χ4n) is 2.08. The molecule has 0 spiro atoms. The van der Waals surface area contributed by atoms with Crippen molar-refractivity contribution in [3.05, 3.63) is 46.7 Å². The molecule has 1 aromatic heterocycles. The lowest BCUT2D eigenvalue weighted by atomic mass is 10.1. The minimum atomic E-state index is -0.394. The number of aromatic nitrogens is 2. The molecule has 0 saturated heterocycles. The van der Waals surface area contributed by atoms with Crippen LogP contribution in [0.4, 0.5) is 0 Å². The third-order valence-corrected chi connectivity index (χ3v) is 3.53. The Kier molecular flexibility index (Phi) is 2.88. The van der Waals surface area contributed by atoms with E-state index in [-0.39, 0.29) is 0 Å². The lowest BCUT2D eigenvalue weighted by Crippen LogP contribution is -1.98.